The normalized spacial score (nSPS) is 16.8. The Bertz CT molecular complexity index is 1990. The second-order valence-corrected chi connectivity index (χ2v) is 18.0. The summed E-state index contributed by atoms with van der Waals surface area (Å²) in [5.74, 6) is -8.32. The Morgan fingerprint density at radius 1 is 0.533 bits per heavy atom. The van der Waals surface area contributed by atoms with Crippen LogP contribution in [0.25, 0.3) is 0 Å². The number of aliphatic imine (C=N–C) groups is 1. The fourth-order valence-corrected chi connectivity index (χ4v) is 8.29. The van der Waals surface area contributed by atoms with Crippen molar-refractivity contribution in [3.63, 3.8) is 0 Å². The first kappa shape index (κ1) is 66.8. The molecule has 2 fully saturated rings. The second-order valence-electron chi connectivity index (χ2n) is 17.8. The van der Waals surface area contributed by atoms with Crippen molar-refractivity contribution in [2.75, 3.05) is 171 Å². The number of aryl methyl sites for hydroxylation is 1. The number of benzene rings is 1. The summed E-state index contributed by atoms with van der Waals surface area (Å²) in [6.07, 6.45) is 2.19. The van der Waals surface area contributed by atoms with Gasteiger partial charge in [0.1, 0.15) is 0 Å². The third kappa shape index (κ3) is 34.1. The highest BCUT2D eigenvalue weighted by atomic mass is 32.1. The summed E-state index contributed by atoms with van der Waals surface area (Å²) in [4.78, 5) is 126. The van der Waals surface area contributed by atoms with Crippen LogP contribution in [0.2, 0.25) is 0 Å². The summed E-state index contributed by atoms with van der Waals surface area (Å²) < 4.78 is 0. The van der Waals surface area contributed by atoms with E-state index in [0.717, 1.165) is 5.56 Å². The molecule has 3 rings (SSSR count). The van der Waals surface area contributed by atoms with Gasteiger partial charge in [0, 0.05) is 117 Å². The average Bonchev–Trinajstić information content (AvgIpc) is 3.38. The molecule has 2 aliphatic heterocycles. The molecule has 0 aromatic heterocycles. The Hall–Kier alpha value is -6.20. The summed E-state index contributed by atoms with van der Waals surface area (Å²) in [6, 6.07) is 7.17. The molecule has 1 unspecified atom stereocenters. The van der Waals surface area contributed by atoms with Gasteiger partial charge in [-0.25, -0.2) is 0 Å². The molecule has 0 saturated carbocycles. The van der Waals surface area contributed by atoms with E-state index in [9.17, 15) is 58.8 Å². The van der Waals surface area contributed by atoms with Crippen LogP contribution < -0.4 is 0 Å². The van der Waals surface area contributed by atoms with E-state index in [0.29, 0.717) is 130 Å². The molecule has 1 aromatic rings. The predicted molar refractivity (Wildman–Crippen MR) is 268 cm³/mol. The number of thiocarbonyl (C=S) groups is 1. The molecule has 29 heteroatoms. The Kier molecular flexibility index (Phi) is 34.2. The largest absolute Gasteiger partial charge is 0.480 e. The molecule has 28 nitrogen and oxygen atoms in total. The molecule has 0 aliphatic carbocycles. The van der Waals surface area contributed by atoms with E-state index < -0.39 is 73.9 Å². The van der Waals surface area contributed by atoms with E-state index in [1.807, 2.05) is 36.2 Å². The van der Waals surface area contributed by atoms with Crippen molar-refractivity contribution in [2.24, 2.45) is 4.99 Å². The fourth-order valence-electron chi connectivity index (χ4n) is 8.18. The molecule has 8 N–H and O–H groups in total. The number of aliphatic carboxylic acids is 8. The predicted octanol–water partition coefficient (Wildman–Crippen LogP) is -2.43. The van der Waals surface area contributed by atoms with E-state index in [4.69, 9.17) is 30.0 Å². The quantitative estimate of drug-likeness (QED) is 0.0335. The van der Waals surface area contributed by atoms with Gasteiger partial charge < -0.3 is 45.8 Å². The molecule has 0 bridgehead atoms. The van der Waals surface area contributed by atoms with Gasteiger partial charge in [-0.05, 0) is 56.2 Å². The third-order valence-corrected chi connectivity index (χ3v) is 12.0. The number of rotatable bonds is 27. The van der Waals surface area contributed by atoms with Gasteiger partial charge in [-0.2, -0.15) is 14.6 Å². The first-order chi connectivity index (χ1) is 35.5. The molecule has 0 radical (unpaired) electrons. The van der Waals surface area contributed by atoms with Crippen LogP contribution in [0, 0.1) is 0 Å². The van der Waals surface area contributed by atoms with Gasteiger partial charge in [0.25, 0.3) is 0 Å². The number of carbonyl (C=O) groups is 8. The molecule has 0 amide bonds. The molecule has 420 valence electrons. The Morgan fingerprint density at radius 2 is 0.880 bits per heavy atom. The number of likely N-dealkylation sites (N-methyl/N-ethyl adjacent to an activating group) is 1. The highest BCUT2D eigenvalue weighted by Gasteiger charge is 2.27. The lowest BCUT2D eigenvalue weighted by atomic mass is 10.0. The van der Waals surface area contributed by atoms with Crippen molar-refractivity contribution in [2.45, 2.75) is 25.3 Å². The van der Waals surface area contributed by atoms with Gasteiger partial charge >= 0.3 is 53.9 Å². The summed E-state index contributed by atoms with van der Waals surface area (Å²) in [5.41, 5.74) is 1.76. The minimum Gasteiger partial charge on any atom is -0.480 e. The topological polar surface area (TPSA) is 374 Å². The highest BCUT2D eigenvalue weighted by Crippen LogP contribution is 2.17. The third-order valence-electron chi connectivity index (χ3n) is 11.9. The first-order valence-electron chi connectivity index (χ1n) is 23.9. The van der Waals surface area contributed by atoms with Crippen molar-refractivity contribution in [3.8, 4) is 0 Å². The van der Waals surface area contributed by atoms with Crippen molar-refractivity contribution >= 4 is 77.0 Å². The van der Waals surface area contributed by atoms with E-state index in [1.165, 1.54) is 9.80 Å². The van der Waals surface area contributed by atoms with E-state index >= 15 is 0 Å². The highest BCUT2D eigenvalue weighted by molar-refractivity contribution is 7.78. The van der Waals surface area contributed by atoms with Crippen LogP contribution in [0.5, 0.6) is 0 Å². The van der Waals surface area contributed by atoms with Crippen LogP contribution in [0.3, 0.4) is 0 Å². The first-order valence-corrected chi connectivity index (χ1v) is 24.3. The van der Waals surface area contributed by atoms with Gasteiger partial charge in [-0.15, -0.1) is 0 Å². The zero-order chi connectivity index (χ0) is 56.3. The van der Waals surface area contributed by atoms with Gasteiger partial charge in [0.2, 0.25) is 0 Å². The SMILES string of the molecule is CN1CCN(CC(=O)O)CCN(CC(=O)O)CCN(CC(CCCc2ccc(N=C=S)cc2)N(CC(=O)O)CC(=O)O)CC1.O=C(O)CN1CCN(CCN(CC(=O)O)CC(=O)O)CCN(CC(=O)O)CC1.O=C=O. The molecular formula is C46H72N10O18S. The van der Waals surface area contributed by atoms with Gasteiger partial charge in [0.15, 0.2) is 0 Å². The van der Waals surface area contributed by atoms with Crippen molar-refractivity contribution in [1.29, 1.82) is 0 Å². The van der Waals surface area contributed by atoms with Crippen LogP contribution in [-0.2, 0) is 54.4 Å². The van der Waals surface area contributed by atoms with Crippen molar-refractivity contribution in [3.05, 3.63) is 29.8 Å². The number of nitrogens with zero attached hydrogens (tertiary/aromatic N) is 10. The molecule has 75 heavy (non-hydrogen) atoms. The molecule has 2 heterocycles. The fraction of sp³-hybridized carbons (Fsp3) is 0.652. The van der Waals surface area contributed by atoms with Crippen LogP contribution in [-0.4, -0.2) is 321 Å². The Balaban J connectivity index is 0.000000778. The lowest BCUT2D eigenvalue weighted by Crippen LogP contribution is -2.51. The van der Waals surface area contributed by atoms with E-state index in [1.54, 1.807) is 19.6 Å². The summed E-state index contributed by atoms with van der Waals surface area (Å²) in [6.45, 7) is 5.58. The van der Waals surface area contributed by atoms with Crippen molar-refractivity contribution in [1.82, 2.24) is 44.1 Å². The zero-order valence-corrected chi connectivity index (χ0v) is 43.0. The van der Waals surface area contributed by atoms with Crippen molar-refractivity contribution < 1.29 is 88.8 Å². The maximum Gasteiger partial charge on any atom is 0.373 e. The lowest BCUT2D eigenvalue weighted by Gasteiger charge is -2.36. The lowest BCUT2D eigenvalue weighted by molar-refractivity contribution is -0.192. The van der Waals surface area contributed by atoms with Gasteiger partial charge in [-0.3, -0.25) is 77.6 Å². The maximum atomic E-state index is 11.7. The number of carboxylic acid groups (broad SMARTS) is 8. The number of hydrogen-bond acceptors (Lipinski definition) is 21. The van der Waals surface area contributed by atoms with Crippen LogP contribution in [0.15, 0.2) is 29.3 Å². The smallest absolute Gasteiger partial charge is 0.373 e. The summed E-state index contributed by atoms with van der Waals surface area (Å²) in [5, 5.41) is 76.2. The second kappa shape index (κ2) is 38.4. The molecule has 1 aromatic carbocycles. The number of isothiocyanates is 1. The summed E-state index contributed by atoms with van der Waals surface area (Å²) in [7, 11) is 1.95. The minimum absolute atomic E-state index is 0.128. The van der Waals surface area contributed by atoms with Crippen LogP contribution in [0.1, 0.15) is 18.4 Å². The summed E-state index contributed by atoms with van der Waals surface area (Å²) >= 11 is 4.65. The Morgan fingerprint density at radius 3 is 1.24 bits per heavy atom. The molecule has 2 aliphatic rings. The molecular weight excluding hydrogens is 1010 g/mol. The number of hydrogen-bond donors (Lipinski definition) is 8. The monoisotopic (exact) mass is 1080 g/mol. The van der Waals surface area contributed by atoms with Crippen LogP contribution >= 0.6 is 12.2 Å². The molecule has 1 atom stereocenters. The Labute approximate surface area is 439 Å². The number of carbonyl (C=O) groups excluding carboxylic acids is 2. The van der Waals surface area contributed by atoms with Crippen LogP contribution in [0.4, 0.5) is 5.69 Å². The average molecular weight is 1090 g/mol. The number of carboxylic acids is 8. The van der Waals surface area contributed by atoms with Gasteiger partial charge in [-0.1, -0.05) is 12.1 Å². The molecule has 0 spiro atoms. The van der Waals surface area contributed by atoms with E-state index in [2.05, 4.69) is 32.2 Å². The maximum absolute atomic E-state index is 11.7. The van der Waals surface area contributed by atoms with E-state index in [-0.39, 0.29) is 44.9 Å². The molecule has 2 saturated heterocycles. The minimum atomic E-state index is -1.12. The zero-order valence-electron chi connectivity index (χ0n) is 42.2. The standard InChI is InChI=1S/C29H44N6O8S.C16H28N4O8.CO2/c1-31-9-11-32(13-14-34(19-27(38)39)16-15-33(12-10-31)18-26(36)37)17-25(35(20-28(40)41)21-29(42)43)4-2-3-23-5-7-24(8-6-23)30-22-44;21-13(22)9-18-4-1-17(2-5-19(7-6-18)10-14(23)24)3-8-20(11-15(25)26)12-16(27)28;2-1-3/h5-8,25H,2-4,9-21H2,1H3,(H,36,37)(H,38,39)(H,40,41)(H,42,43);1-12H2,(H,21,22)(H,23,24)(H,25,26)(H,27,28);. The van der Waals surface area contributed by atoms with Gasteiger partial charge in [0.05, 0.1) is 63.2 Å².